The molecule has 1 aromatic heterocycles. The maximum Gasteiger partial charge on any atom is 0.248 e. The van der Waals surface area contributed by atoms with Crippen molar-refractivity contribution >= 4 is 5.91 Å². The largest absolute Gasteiger partial charge is 0.273 e. The van der Waals surface area contributed by atoms with Gasteiger partial charge in [0.2, 0.25) is 5.91 Å². The van der Waals surface area contributed by atoms with Gasteiger partial charge in [-0.05, 0) is 32.1 Å². The first kappa shape index (κ1) is 20.6. The lowest BCUT2D eigenvalue weighted by Gasteiger charge is -2.01. The van der Waals surface area contributed by atoms with Crippen LogP contribution in [-0.2, 0) is 0 Å². The molecule has 1 heterocycles. The standard InChI is InChI=1S/C20H35N3O/c1-2-3-4-5-6-7-8-9-10-11-12-13-14-15-16-17-20(24)23-19-21-18-22-23/h9-10,18-19H,2-8,11-17H2,1H3/b10-9-/i20+2. The van der Waals surface area contributed by atoms with Crippen molar-refractivity contribution in [1.29, 1.82) is 0 Å². The molecular formula is C20H35N3O. The molecule has 0 aromatic carbocycles. The molecule has 0 atom stereocenters. The number of hydrogen-bond acceptors (Lipinski definition) is 3. The van der Waals surface area contributed by atoms with Gasteiger partial charge >= 0.3 is 0 Å². The fourth-order valence-corrected chi connectivity index (χ4v) is 2.80. The number of rotatable bonds is 15. The SMILES string of the molecule is CCCCCCCC/C=C\CCCCCCC[14C](=O)n1cncn1. The van der Waals surface area contributed by atoms with E-state index in [1.54, 1.807) is 0 Å². The molecule has 0 aliphatic rings. The van der Waals surface area contributed by atoms with Gasteiger partial charge in [0.25, 0.3) is 0 Å². The summed E-state index contributed by atoms with van der Waals surface area (Å²) in [5.74, 6) is 0.0464. The van der Waals surface area contributed by atoms with Gasteiger partial charge in [0, 0.05) is 6.42 Å². The predicted molar refractivity (Wildman–Crippen MR) is 100 cm³/mol. The van der Waals surface area contributed by atoms with Gasteiger partial charge in [-0.15, -0.1) is 0 Å². The van der Waals surface area contributed by atoms with E-state index in [2.05, 4.69) is 29.2 Å². The van der Waals surface area contributed by atoms with Gasteiger partial charge in [-0.25, -0.2) is 4.98 Å². The second-order valence-corrected chi connectivity index (χ2v) is 6.57. The summed E-state index contributed by atoms with van der Waals surface area (Å²) in [5.41, 5.74) is 0. The number of unbranched alkanes of at least 4 members (excludes halogenated alkanes) is 11. The smallest absolute Gasteiger partial charge is 0.248 e. The Morgan fingerprint density at radius 2 is 1.46 bits per heavy atom. The molecule has 0 unspecified atom stereocenters. The molecule has 4 heteroatoms. The molecule has 0 radical (unpaired) electrons. The van der Waals surface area contributed by atoms with Gasteiger partial charge in [-0.2, -0.15) is 9.78 Å². The summed E-state index contributed by atoms with van der Waals surface area (Å²) in [6, 6.07) is 0. The Hall–Kier alpha value is -1.45. The summed E-state index contributed by atoms with van der Waals surface area (Å²) < 4.78 is 1.33. The molecule has 0 amide bonds. The van der Waals surface area contributed by atoms with E-state index in [9.17, 15) is 4.79 Å². The molecule has 1 rings (SSSR count). The molecule has 1 aromatic rings. The van der Waals surface area contributed by atoms with Crippen LogP contribution in [0.5, 0.6) is 0 Å². The maximum atomic E-state index is 11.7. The number of carbonyl (C=O) groups is 1. The number of aromatic nitrogens is 3. The van der Waals surface area contributed by atoms with Crippen LogP contribution in [0.3, 0.4) is 0 Å². The van der Waals surface area contributed by atoms with E-state index in [1.807, 2.05) is 0 Å². The van der Waals surface area contributed by atoms with E-state index in [0.717, 1.165) is 12.8 Å². The van der Waals surface area contributed by atoms with Crippen molar-refractivity contribution in [2.75, 3.05) is 0 Å². The van der Waals surface area contributed by atoms with Gasteiger partial charge in [0.1, 0.15) is 12.7 Å². The molecule has 0 aliphatic heterocycles. The lowest BCUT2D eigenvalue weighted by molar-refractivity contribution is 0.0882. The summed E-state index contributed by atoms with van der Waals surface area (Å²) in [7, 11) is 0. The van der Waals surface area contributed by atoms with Crippen LogP contribution in [-0.4, -0.2) is 20.7 Å². The zero-order chi connectivity index (χ0) is 17.3. The summed E-state index contributed by atoms with van der Waals surface area (Å²) in [6.45, 7) is 2.27. The normalized spacial score (nSPS) is 11.4. The number of hydrogen-bond donors (Lipinski definition) is 0. The zero-order valence-electron chi connectivity index (χ0n) is 15.5. The molecule has 0 bridgehead atoms. The van der Waals surface area contributed by atoms with Crippen molar-refractivity contribution in [3.05, 3.63) is 24.8 Å². The average molecular weight is 336 g/mol. The van der Waals surface area contributed by atoms with E-state index >= 15 is 0 Å². The molecule has 24 heavy (non-hydrogen) atoms. The third-order valence-electron chi connectivity index (χ3n) is 4.33. The lowest BCUT2D eigenvalue weighted by atomic mass is 10.1. The van der Waals surface area contributed by atoms with Crippen molar-refractivity contribution < 1.29 is 4.79 Å². The number of nitrogens with zero attached hydrogens (tertiary/aromatic N) is 3. The van der Waals surface area contributed by atoms with Crippen LogP contribution in [0.25, 0.3) is 0 Å². The monoisotopic (exact) mass is 335 g/mol. The van der Waals surface area contributed by atoms with Gasteiger partial charge in [0.15, 0.2) is 0 Å². The van der Waals surface area contributed by atoms with Crippen LogP contribution in [0.1, 0.15) is 102 Å². The molecular weight excluding hydrogens is 300 g/mol. The van der Waals surface area contributed by atoms with Gasteiger partial charge < -0.3 is 0 Å². The first-order valence-corrected chi connectivity index (χ1v) is 9.87. The highest BCUT2D eigenvalue weighted by Gasteiger charge is 2.04. The summed E-state index contributed by atoms with van der Waals surface area (Å²) in [5, 5.41) is 3.85. The molecule has 136 valence electrons. The third-order valence-corrected chi connectivity index (χ3v) is 4.33. The van der Waals surface area contributed by atoms with Gasteiger partial charge in [0.05, 0.1) is 0 Å². The quantitative estimate of drug-likeness (QED) is 0.294. The fourth-order valence-electron chi connectivity index (χ4n) is 2.80. The maximum absolute atomic E-state index is 11.7. The van der Waals surface area contributed by atoms with Crippen LogP contribution >= 0.6 is 0 Å². The highest BCUT2D eigenvalue weighted by atomic mass is 16.3. The molecule has 0 spiro atoms. The van der Waals surface area contributed by atoms with E-state index in [4.69, 9.17) is 0 Å². The molecule has 4 nitrogen and oxygen atoms in total. The van der Waals surface area contributed by atoms with E-state index in [-0.39, 0.29) is 5.91 Å². The van der Waals surface area contributed by atoms with Crippen molar-refractivity contribution in [3.63, 3.8) is 0 Å². The number of allylic oxidation sites excluding steroid dienone is 2. The predicted octanol–water partition coefficient (Wildman–Crippen LogP) is 5.96. The first-order chi connectivity index (χ1) is 11.8. The zero-order valence-corrected chi connectivity index (χ0v) is 15.5. The van der Waals surface area contributed by atoms with Crippen molar-refractivity contribution in [2.45, 2.75) is 96.8 Å². The highest BCUT2D eigenvalue weighted by molar-refractivity contribution is 5.77. The van der Waals surface area contributed by atoms with Crippen LogP contribution in [0.15, 0.2) is 24.8 Å². The van der Waals surface area contributed by atoms with E-state index in [0.29, 0.717) is 6.42 Å². The average Bonchev–Trinajstić information content (AvgIpc) is 3.13. The Morgan fingerprint density at radius 3 is 2.04 bits per heavy atom. The van der Waals surface area contributed by atoms with Gasteiger partial charge in [-0.1, -0.05) is 70.4 Å². The summed E-state index contributed by atoms with van der Waals surface area (Å²) in [6.07, 6.45) is 24.7. The molecule has 0 aliphatic carbocycles. The Balaban J connectivity index is 1.80. The highest BCUT2D eigenvalue weighted by Crippen LogP contribution is 2.10. The molecule has 0 N–H and O–H groups in total. The van der Waals surface area contributed by atoms with Crippen LogP contribution in [0.2, 0.25) is 0 Å². The molecule has 0 fully saturated rings. The van der Waals surface area contributed by atoms with Crippen LogP contribution in [0, 0.1) is 0 Å². The Labute approximate surface area is 147 Å². The number of carbonyl (C=O) groups excluding carboxylic acids is 1. The first-order valence-electron chi connectivity index (χ1n) is 9.87. The molecule has 0 saturated heterocycles. The van der Waals surface area contributed by atoms with Crippen molar-refractivity contribution in [2.24, 2.45) is 0 Å². The minimum Gasteiger partial charge on any atom is -0.273 e. The minimum absolute atomic E-state index is 0.0464. The fraction of sp³-hybridized carbons (Fsp3) is 0.750. The molecule has 0 saturated carbocycles. The topological polar surface area (TPSA) is 47.8 Å². The van der Waals surface area contributed by atoms with E-state index < -0.39 is 0 Å². The summed E-state index contributed by atoms with van der Waals surface area (Å²) >= 11 is 0. The van der Waals surface area contributed by atoms with Crippen molar-refractivity contribution in [3.8, 4) is 0 Å². The van der Waals surface area contributed by atoms with Crippen molar-refractivity contribution in [1.82, 2.24) is 14.8 Å². The van der Waals surface area contributed by atoms with Crippen LogP contribution in [0.4, 0.5) is 0 Å². The Bertz CT molecular complexity index is 426. The Kier molecular flexibility index (Phi) is 13.0. The Morgan fingerprint density at radius 1 is 0.875 bits per heavy atom. The minimum atomic E-state index is 0.0464. The third kappa shape index (κ3) is 11.1. The second kappa shape index (κ2) is 15.1. The second-order valence-electron chi connectivity index (χ2n) is 6.57. The van der Waals surface area contributed by atoms with Crippen LogP contribution < -0.4 is 0 Å². The van der Waals surface area contributed by atoms with E-state index in [1.165, 1.54) is 88.0 Å². The summed E-state index contributed by atoms with van der Waals surface area (Å²) in [4.78, 5) is 15.5. The van der Waals surface area contributed by atoms with Gasteiger partial charge in [-0.3, -0.25) is 4.79 Å². The lowest BCUT2D eigenvalue weighted by Crippen LogP contribution is -2.10.